The molecule has 3 rings (SSSR count). The summed E-state index contributed by atoms with van der Waals surface area (Å²) in [5, 5.41) is 0.628. The Morgan fingerprint density at radius 3 is 2.55 bits per heavy atom. The zero-order valence-corrected chi connectivity index (χ0v) is 21.5. The highest BCUT2D eigenvalue weighted by atomic mass is 79.9. The van der Waals surface area contributed by atoms with Gasteiger partial charge in [-0.2, -0.15) is 4.98 Å². The molecule has 184 valence electrons. The molecule has 2 aliphatic heterocycles. The highest BCUT2D eigenvalue weighted by Gasteiger charge is 2.32. The molecule has 2 aliphatic rings. The molecule has 2 saturated heterocycles. The summed E-state index contributed by atoms with van der Waals surface area (Å²) in [5.41, 5.74) is 6.42. The van der Waals surface area contributed by atoms with Gasteiger partial charge in [0.05, 0.1) is 11.7 Å². The third kappa shape index (κ3) is 6.84. The predicted octanol–water partition coefficient (Wildman–Crippen LogP) is 3.22. The molecule has 3 heterocycles. The highest BCUT2D eigenvalue weighted by molar-refractivity contribution is 9.09. The number of hydrogen-bond donors (Lipinski definition) is 1. The molecule has 1 aromatic heterocycles. The number of carbonyl (C=O) groups is 2. The molecule has 0 spiro atoms. The summed E-state index contributed by atoms with van der Waals surface area (Å²) in [4.78, 5) is 39.0. The van der Waals surface area contributed by atoms with Crippen molar-refractivity contribution in [3.63, 3.8) is 0 Å². The number of likely N-dealkylation sites (tertiary alicyclic amines) is 1. The fourth-order valence-electron chi connectivity index (χ4n) is 4.17. The van der Waals surface area contributed by atoms with Crippen LogP contribution in [-0.2, 0) is 9.47 Å². The number of rotatable bonds is 5. The van der Waals surface area contributed by atoms with Gasteiger partial charge in [-0.1, -0.05) is 15.9 Å². The Bertz CT molecular complexity index is 841. The number of ether oxygens (including phenoxy) is 2. The summed E-state index contributed by atoms with van der Waals surface area (Å²) in [5.74, 6) is 1.22. The summed E-state index contributed by atoms with van der Waals surface area (Å²) in [6.45, 7) is 8.62. The van der Waals surface area contributed by atoms with Crippen molar-refractivity contribution in [2.45, 2.75) is 57.6 Å². The summed E-state index contributed by atoms with van der Waals surface area (Å²) < 4.78 is 10.7. The van der Waals surface area contributed by atoms with Crippen molar-refractivity contribution >= 4 is 39.9 Å². The number of piperidine rings is 1. The Balaban J connectivity index is 1.61. The maximum Gasteiger partial charge on any atom is 0.410 e. The minimum absolute atomic E-state index is 0.0354. The van der Waals surface area contributed by atoms with Crippen molar-refractivity contribution in [3.05, 3.63) is 11.8 Å². The van der Waals surface area contributed by atoms with Crippen LogP contribution in [0.25, 0.3) is 0 Å². The largest absolute Gasteiger partial charge is 0.449 e. The molecule has 0 radical (unpaired) electrons. The van der Waals surface area contributed by atoms with Crippen LogP contribution in [-0.4, -0.2) is 88.8 Å². The van der Waals surface area contributed by atoms with Crippen LogP contribution in [0.2, 0.25) is 0 Å². The number of nitrogen functional groups attached to an aromatic ring is 1. The van der Waals surface area contributed by atoms with E-state index in [4.69, 9.17) is 15.2 Å². The molecular weight excluding hydrogens is 492 g/mol. The molecule has 2 amide bonds. The van der Waals surface area contributed by atoms with Crippen LogP contribution < -0.4 is 10.6 Å². The SMILES string of the molecule is CN(C(=O)OC(C)(C)C)[C@@H]1CCN(c2cc(C3CCN(C(=O)OCCBr)CC3)nc(N)n2)C1. The highest BCUT2D eigenvalue weighted by Crippen LogP contribution is 2.31. The van der Waals surface area contributed by atoms with Gasteiger partial charge in [-0.05, 0) is 40.0 Å². The quantitative estimate of drug-likeness (QED) is 0.581. The first kappa shape index (κ1) is 25.3. The van der Waals surface area contributed by atoms with E-state index in [2.05, 4.69) is 30.8 Å². The minimum atomic E-state index is -0.528. The van der Waals surface area contributed by atoms with Crippen LogP contribution in [0, 0.1) is 0 Å². The zero-order valence-electron chi connectivity index (χ0n) is 19.9. The van der Waals surface area contributed by atoms with Gasteiger partial charge in [0.15, 0.2) is 0 Å². The monoisotopic (exact) mass is 526 g/mol. The molecule has 10 nitrogen and oxygen atoms in total. The number of alkyl halides is 1. The van der Waals surface area contributed by atoms with E-state index in [9.17, 15) is 9.59 Å². The lowest BCUT2D eigenvalue weighted by atomic mass is 9.93. The first-order valence-corrected chi connectivity index (χ1v) is 12.5. The number of hydrogen-bond acceptors (Lipinski definition) is 8. The normalized spacial score (nSPS) is 19.5. The number of anilines is 2. The van der Waals surface area contributed by atoms with E-state index in [1.165, 1.54) is 0 Å². The topological polar surface area (TPSA) is 114 Å². The second-order valence-corrected chi connectivity index (χ2v) is 10.3. The van der Waals surface area contributed by atoms with Crippen molar-refractivity contribution in [1.82, 2.24) is 19.8 Å². The summed E-state index contributed by atoms with van der Waals surface area (Å²) >= 11 is 3.26. The van der Waals surface area contributed by atoms with Crippen molar-refractivity contribution < 1.29 is 19.1 Å². The number of nitrogens with zero attached hydrogens (tertiary/aromatic N) is 5. The van der Waals surface area contributed by atoms with Crippen LogP contribution in [0.5, 0.6) is 0 Å². The first-order valence-electron chi connectivity index (χ1n) is 11.4. The Kier molecular flexibility index (Phi) is 8.25. The molecule has 0 unspecified atom stereocenters. The van der Waals surface area contributed by atoms with Gasteiger partial charge in [-0.15, -0.1) is 0 Å². The molecule has 0 bridgehead atoms. The van der Waals surface area contributed by atoms with Gasteiger partial charge in [0.1, 0.15) is 18.0 Å². The van der Waals surface area contributed by atoms with E-state index >= 15 is 0 Å². The standard InChI is InChI=1S/C22H35BrN6O4/c1-22(2,3)33-20(30)27(4)16-7-11-29(14-16)18-13-17(25-19(24)26-18)15-5-9-28(10-6-15)21(31)32-12-8-23/h13,15-16H,5-12,14H2,1-4H3,(H2,24,25,26)/t16-/m1/s1. The number of aromatic nitrogens is 2. The fraction of sp³-hybridized carbons (Fsp3) is 0.727. The van der Waals surface area contributed by atoms with E-state index in [-0.39, 0.29) is 30.1 Å². The molecule has 0 aliphatic carbocycles. The van der Waals surface area contributed by atoms with Crippen LogP contribution in [0.1, 0.15) is 51.6 Å². The Labute approximate surface area is 203 Å². The van der Waals surface area contributed by atoms with E-state index in [0.717, 1.165) is 37.3 Å². The third-order valence-corrected chi connectivity index (χ3v) is 6.26. The smallest absolute Gasteiger partial charge is 0.410 e. The maximum absolute atomic E-state index is 12.4. The Hall–Kier alpha value is -2.30. The zero-order chi connectivity index (χ0) is 24.2. The summed E-state index contributed by atoms with van der Waals surface area (Å²) in [6.07, 6.45) is 1.82. The number of halogens is 1. The van der Waals surface area contributed by atoms with E-state index in [1.54, 1.807) is 16.8 Å². The van der Waals surface area contributed by atoms with Crippen molar-refractivity contribution in [2.75, 3.05) is 55.8 Å². The minimum Gasteiger partial charge on any atom is -0.449 e. The van der Waals surface area contributed by atoms with Crippen LogP contribution in [0.4, 0.5) is 21.4 Å². The van der Waals surface area contributed by atoms with Gasteiger partial charge in [-0.3, -0.25) is 0 Å². The van der Waals surface area contributed by atoms with E-state index in [1.807, 2.05) is 26.8 Å². The van der Waals surface area contributed by atoms with E-state index < -0.39 is 5.60 Å². The van der Waals surface area contributed by atoms with Gasteiger partial charge in [0, 0.05) is 50.5 Å². The molecule has 2 N–H and O–H groups in total. The molecule has 1 atom stereocenters. The lowest BCUT2D eigenvalue weighted by Crippen LogP contribution is -2.42. The first-order chi connectivity index (χ1) is 15.6. The lowest BCUT2D eigenvalue weighted by molar-refractivity contribution is 0.0237. The lowest BCUT2D eigenvalue weighted by Gasteiger charge is -2.31. The van der Waals surface area contributed by atoms with E-state index in [0.29, 0.717) is 31.6 Å². The van der Waals surface area contributed by atoms with Crippen LogP contribution in [0.3, 0.4) is 0 Å². The van der Waals surface area contributed by atoms with Crippen LogP contribution >= 0.6 is 15.9 Å². The van der Waals surface area contributed by atoms with Crippen molar-refractivity contribution in [2.24, 2.45) is 0 Å². The maximum atomic E-state index is 12.4. The molecule has 33 heavy (non-hydrogen) atoms. The number of nitrogens with two attached hydrogens (primary N) is 1. The Morgan fingerprint density at radius 2 is 1.91 bits per heavy atom. The molecule has 1 aromatic rings. The molecule has 0 saturated carbocycles. The number of likely N-dealkylation sites (N-methyl/N-ethyl adjacent to an activating group) is 1. The summed E-state index contributed by atoms with van der Waals surface area (Å²) in [7, 11) is 1.78. The molecule has 2 fully saturated rings. The molecule has 0 aromatic carbocycles. The van der Waals surface area contributed by atoms with Gasteiger partial charge < -0.3 is 29.9 Å². The second kappa shape index (κ2) is 10.8. The predicted molar refractivity (Wildman–Crippen MR) is 130 cm³/mol. The van der Waals surface area contributed by atoms with Gasteiger partial charge in [-0.25, -0.2) is 14.6 Å². The Morgan fingerprint density at radius 1 is 1.21 bits per heavy atom. The number of amides is 2. The van der Waals surface area contributed by atoms with Crippen molar-refractivity contribution in [1.29, 1.82) is 0 Å². The third-order valence-electron chi connectivity index (χ3n) is 5.94. The molecule has 11 heteroatoms. The van der Waals surface area contributed by atoms with Gasteiger partial charge in [0.25, 0.3) is 0 Å². The van der Waals surface area contributed by atoms with Gasteiger partial charge >= 0.3 is 12.2 Å². The fourth-order valence-corrected chi connectivity index (χ4v) is 4.33. The average Bonchev–Trinajstić information content (AvgIpc) is 3.25. The number of carbonyl (C=O) groups excluding carboxylic acids is 2. The van der Waals surface area contributed by atoms with Crippen LogP contribution in [0.15, 0.2) is 6.07 Å². The van der Waals surface area contributed by atoms with Gasteiger partial charge in [0.2, 0.25) is 5.95 Å². The van der Waals surface area contributed by atoms with Crippen molar-refractivity contribution in [3.8, 4) is 0 Å². The second-order valence-electron chi connectivity index (χ2n) is 9.55. The summed E-state index contributed by atoms with van der Waals surface area (Å²) in [6, 6.07) is 2.03. The average molecular weight is 527 g/mol. The molecular formula is C22H35BrN6O4.